The van der Waals surface area contributed by atoms with Gasteiger partial charge < -0.3 is 11.5 Å². The van der Waals surface area contributed by atoms with Crippen molar-refractivity contribution in [2.75, 3.05) is 5.73 Å². The summed E-state index contributed by atoms with van der Waals surface area (Å²) >= 11 is 0. The van der Waals surface area contributed by atoms with E-state index in [0.29, 0.717) is 17.2 Å². The second-order valence-corrected chi connectivity index (χ2v) is 4.48. The molecule has 0 bridgehead atoms. The van der Waals surface area contributed by atoms with Gasteiger partial charge in [-0.1, -0.05) is 13.8 Å². The Morgan fingerprint density at radius 2 is 2.06 bits per heavy atom. The first kappa shape index (κ1) is 12.2. The number of carbonyl (C=O) groups is 1. The molecule has 0 aliphatic rings. The van der Waals surface area contributed by atoms with Crippen LogP contribution in [0.15, 0.2) is 30.5 Å². The molecule has 0 unspecified atom stereocenters. The Morgan fingerprint density at radius 1 is 1.33 bits per heavy atom. The monoisotopic (exact) mass is 244 g/mol. The number of hydrogen-bond acceptors (Lipinski definition) is 3. The number of nitrogens with zero attached hydrogens (tertiary/aromatic N) is 2. The quantitative estimate of drug-likeness (QED) is 0.805. The fraction of sp³-hybridized carbons (Fsp3) is 0.231. The van der Waals surface area contributed by atoms with Crippen LogP contribution in [0.5, 0.6) is 0 Å². The highest BCUT2D eigenvalue weighted by atomic mass is 16.1. The number of aromatic nitrogens is 2. The largest absolute Gasteiger partial charge is 0.397 e. The average molecular weight is 244 g/mol. The topological polar surface area (TPSA) is 86.9 Å². The van der Waals surface area contributed by atoms with Gasteiger partial charge in [-0.15, -0.1) is 0 Å². The van der Waals surface area contributed by atoms with Crippen LogP contribution in [-0.2, 0) is 0 Å². The lowest BCUT2D eigenvalue weighted by molar-refractivity contribution is 0.100. The number of hydrogen-bond donors (Lipinski definition) is 2. The van der Waals surface area contributed by atoms with Crippen LogP contribution in [0.2, 0.25) is 0 Å². The third-order valence-corrected chi connectivity index (χ3v) is 2.76. The van der Waals surface area contributed by atoms with Crippen molar-refractivity contribution in [3.8, 4) is 5.69 Å². The van der Waals surface area contributed by atoms with Gasteiger partial charge in [0.25, 0.3) is 0 Å². The zero-order valence-electron chi connectivity index (χ0n) is 10.4. The predicted molar refractivity (Wildman–Crippen MR) is 70.6 cm³/mol. The van der Waals surface area contributed by atoms with E-state index in [9.17, 15) is 4.79 Å². The molecule has 0 atom stereocenters. The van der Waals surface area contributed by atoms with Crippen molar-refractivity contribution in [2.24, 2.45) is 5.73 Å². The maximum absolute atomic E-state index is 11.0. The molecule has 1 aromatic carbocycles. The molecule has 1 amide bonds. The first-order chi connectivity index (χ1) is 8.49. The molecule has 94 valence electrons. The lowest BCUT2D eigenvalue weighted by Crippen LogP contribution is -2.12. The maximum Gasteiger partial charge on any atom is 0.248 e. The van der Waals surface area contributed by atoms with E-state index in [4.69, 9.17) is 11.5 Å². The van der Waals surface area contributed by atoms with Gasteiger partial charge >= 0.3 is 0 Å². The zero-order chi connectivity index (χ0) is 13.3. The van der Waals surface area contributed by atoms with E-state index in [2.05, 4.69) is 18.9 Å². The van der Waals surface area contributed by atoms with Crippen molar-refractivity contribution >= 4 is 11.6 Å². The molecule has 0 saturated carbocycles. The van der Waals surface area contributed by atoms with Crippen molar-refractivity contribution < 1.29 is 4.79 Å². The summed E-state index contributed by atoms with van der Waals surface area (Å²) in [6.07, 6.45) is 1.85. The van der Waals surface area contributed by atoms with Gasteiger partial charge in [0.1, 0.15) is 0 Å². The molecule has 1 aromatic heterocycles. The van der Waals surface area contributed by atoms with E-state index >= 15 is 0 Å². The van der Waals surface area contributed by atoms with Crippen LogP contribution in [0.4, 0.5) is 5.69 Å². The molecule has 5 nitrogen and oxygen atoms in total. The summed E-state index contributed by atoms with van der Waals surface area (Å²) < 4.78 is 1.70. The normalized spacial score (nSPS) is 10.8. The standard InChI is InChI=1S/C13H16N4O/c1-8(2)11-5-6-17(16-11)12-4-3-9(13(15)18)7-10(12)14/h3-8H,14H2,1-2H3,(H2,15,18). The van der Waals surface area contributed by atoms with Crippen LogP contribution in [0.25, 0.3) is 5.69 Å². The minimum Gasteiger partial charge on any atom is -0.397 e. The van der Waals surface area contributed by atoms with Crippen LogP contribution in [0.3, 0.4) is 0 Å². The molecule has 0 spiro atoms. The summed E-state index contributed by atoms with van der Waals surface area (Å²) in [6.45, 7) is 4.15. The van der Waals surface area contributed by atoms with Gasteiger partial charge in [-0.2, -0.15) is 5.10 Å². The van der Waals surface area contributed by atoms with Crippen LogP contribution >= 0.6 is 0 Å². The molecule has 1 heterocycles. The van der Waals surface area contributed by atoms with Crippen LogP contribution in [0.1, 0.15) is 35.8 Å². The summed E-state index contributed by atoms with van der Waals surface area (Å²) in [6, 6.07) is 6.90. The molecular weight excluding hydrogens is 228 g/mol. The van der Waals surface area contributed by atoms with Gasteiger partial charge in [0.05, 0.1) is 17.1 Å². The Labute approximate surface area is 105 Å². The molecule has 0 radical (unpaired) electrons. The molecule has 2 rings (SSSR count). The third kappa shape index (κ3) is 2.20. The number of carbonyl (C=O) groups excluding carboxylic acids is 1. The van der Waals surface area contributed by atoms with E-state index in [1.165, 1.54) is 0 Å². The van der Waals surface area contributed by atoms with E-state index in [1.54, 1.807) is 22.9 Å². The Bertz CT molecular complexity index is 586. The van der Waals surface area contributed by atoms with Crippen LogP contribution < -0.4 is 11.5 Å². The van der Waals surface area contributed by atoms with Crippen LogP contribution in [-0.4, -0.2) is 15.7 Å². The molecule has 4 N–H and O–H groups in total. The fourth-order valence-electron chi connectivity index (χ4n) is 1.70. The Hall–Kier alpha value is -2.30. The predicted octanol–water partition coefficient (Wildman–Crippen LogP) is 1.68. The Balaban J connectivity index is 2.41. The lowest BCUT2D eigenvalue weighted by atomic mass is 10.1. The van der Waals surface area contributed by atoms with Crippen molar-refractivity contribution in [1.29, 1.82) is 0 Å². The van der Waals surface area contributed by atoms with Crippen molar-refractivity contribution in [1.82, 2.24) is 9.78 Å². The van der Waals surface area contributed by atoms with E-state index < -0.39 is 5.91 Å². The van der Waals surface area contributed by atoms with Gasteiger partial charge in [0.15, 0.2) is 0 Å². The third-order valence-electron chi connectivity index (χ3n) is 2.76. The number of nitrogen functional groups attached to an aromatic ring is 1. The Morgan fingerprint density at radius 3 is 2.56 bits per heavy atom. The van der Waals surface area contributed by atoms with Crippen LogP contribution in [0, 0.1) is 0 Å². The van der Waals surface area contributed by atoms with Crippen molar-refractivity contribution in [3.63, 3.8) is 0 Å². The van der Waals surface area contributed by atoms with Crippen molar-refractivity contribution in [3.05, 3.63) is 41.7 Å². The number of amides is 1. The number of nitrogens with two attached hydrogens (primary N) is 2. The smallest absolute Gasteiger partial charge is 0.248 e. The summed E-state index contributed by atoms with van der Waals surface area (Å²) in [7, 11) is 0. The molecule has 0 saturated heterocycles. The van der Waals surface area contributed by atoms with Gasteiger partial charge in [-0.25, -0.2) is 4.68 Å². The zero-order valence-corrected chi connectivity index (χ0v) is 10.4. The van der Waals surface area contributed by atoms with Gasteiger partial charge in [-0.3, -0.25) is 4.79 Å². The molecule has 18 heavy (non-hydrogen) atoms. The number of rotatable bonds is 3. The summed E-state index contributed by atoms with van der Waals surface area (Å²) in [5.74, 6) is -0.131. The van der Waals surface area contributed by atoms with Gasteiger partial charge in [0.2, 0.25) is 5.91 Å². The molecule has 0 aliphatic heterocycles. The Kier molecular flexibility index (Phi) is 3.06. The van der Waals surface area contributed by atoms with Gasteiger partial charge in [-0.05, 0) is 30.2 Å². The molecule has 0 fully saturated rings. The SMILES string of the molecule is CC(C)c1ccn(-c2ccc(C(N)=O)cc2N)n1. The average Bonchev–Trinajstić information content (AvgIpc) is 2.78. The van der Waals surface area contributed by atoms with E-state index in [1.807, 2.05) is 12.3 Å². The second kappa shape index (κ2) is 4.52. The fourth-order valence-corrected chi connectivity index (χ4v) is 1.70. The number of benzene rings is 1. The highest BCUT2D eigenvalue weighted by Crippen LogP contribution is 2.20. The first-order valence-electron chi connectivity index (χ1n) is 5.74. The molecule has 0 aliphatic carbocycles. The minimum absolute atomic E-state index is 0.359. The maximum atomic E-state index is 11.0. The summed E-state index contributed by atoms with van der Waals surface area (Å²) in [5.41, 5.74) is 13.7. The molecular formula is C13H16N4O. The van der Waals surface area contributed by atoms with Gasteiger partial charge in [0, 0.05) is 11.8 Å². The lowest BCUT2D eigenvalue weighted by Gasteiger charge is -2.07. The highest BCUT2D eigenvalue weighted by molar-refractivity contribution is 5.94. The first-order valence-corrected chi connectivity index (χ1v) is 5.74. The number of primary amides is 1. The van der Waals surface area contributed by atoms with E-state index in [-0.39, 0.29) is 0 Å². The van der Waals surface area contributed by atoms with E-state index in [0.717, 1.165) is 11.4 Å². The molecule has 2 aromatic rings. The molecule has 5 heteroatoms. The highest BCUT2D eigenvalue weighted by Gasteiger charge is 2.09. The minimum atomic E-state index is -0.489. The van der Waals surface area contributed by atoms with Crippen molar-refractivity contribution in [2.45, 2.75) is 19.8 Å². The second-order valence-electron chi connectivity index (χ2n) is 4.48. The number of anilines is 1. The summed E-state index contributed by atoms with van der Waals surface area (Å²) in [5, 5.41) is 4.44. The summed E-state index contributed by atoms with van der Waals surface area (Å²) in [4.78, 5) is 11.0.